The molecule has 1 amide bonds. The Bertz CT molecular complexity index is 1360. The highest BCUT2D eigenvalue weighted by Gasteiger charge is 2.43. The third kappa shape index (κ3) is 3.86. The van der Waals surface area contributed by atoms with Crippen LogP contribution in [0.15, 0.2) is 48.7 Å². The molecular weight excluding hydrogens is 441 g/mol. The smallest absolute Gasteiger partial charge is 0.352 e. The van der Waals surface area contributed by atoms with E-state index in [0.717, 1.165) is 15.8 Å². The van der Waals surface area contributed by atoms with E-state index in [-0.39, 0.29) is 29.9 Å². The Balaban J connectivity index is 1.53. The van der Waals surface area contributed by atoms with Gasteiger partial charge in [-0.2, -0.15) is 17.9 Å². The fraction of sp³-hybridized carbons (Fsp3) is 0.143. The number of H-pyrrole nitrogens is 1. The van der Waals surface area contributed by atoms with Crippen LogP contribution in [-0.2, 0) is 11.2 Å². The third-order valence-corrected chi connectivity index (χ3v) is 5.05. The number of benzene rings is 1. The van der Waals surface area contributed by atoms with Gasteiger partial charge in [-0.25, -0.2) is 14.8 Å². The van der Waals surface area contributed by atoms with E-state index in [1.54, 1.807) is 6.07 Å². The molecule has 5 rings (SSSR count). The predicted molar refractivity (Wildman–Crippen MR) is 111 cm³/mol. The Kier molecular flexibility index (Phi) is 4.77. The lowest BCUT2D eigenvalue weighted by Crippen LogP contribution is -2.37. The SMILES string of the molecule is O=C1NCCc2c1cc(-c1ccnc(Nc3nc4ccccc4[nH]3)c1)n2OC(=O)C(F)(F)F. The minimum atomic E-state index is -5.20. The first kappa shape index (κ1) is 20.5. The number of nitrogens with zero attached hydrogens (tertiary/aromatic N) is 3. The molecule has 1 aliphatic rings. The van der Waals surface area contributed by atoms with Crippen LogP contribution in [0.1, 0.15) is 16.1 Å². The van der Waals surface area contributed by atoms with Crippen LogP contribution in [0.4, 0.5) is 24.9 Å². The molecule has 168 valence electrons. The molecule has 0 unspecified atom stereocenters. The number of carbonyl (C=O) groups is 2. The van der Waals surface area contributed by atoms with Crippen LogP contribution >= 0.6 is 0 Å². The number of imidazole rings is 1. The van der Waals surface area contributed by atoms with Crippen molar-refractivity contribution in [2.45, 2.75) is 12.6 Å². The van der Waals surface area contributed by atoms with Gasteiger partial charge < -0.3 is 20.5 Å². The van der Waals surface area contributed by atoms with E-state index in [1.165, 1.54) is 18.3 Å². The number of hydrogen-bond acceptors (Lipinski definition) is 6. The standard InChI is InChI=1S/C21H15F3N6O3/c22-21(23,24)19(32)33-30-15-6-8-26-18(31)12(15)10-16(30)11-5-7-25-17(9-11)29-20-27-13-3-1-2-4-14(13)28-20/h1-5,7,9-10H,6,8H2,(H,26,31)(H2,25,27,28,29). The van der Waals surface area contributed by atoms with Gasteiger partial charge in [0, 0.05) is 24.7 Å². The molecule has 33 heavy (non-hydrogen) atoms. The maximum Gasteiger partial charge on any atom is 0.493 e. The minimum Gasteiger partial charge on any atom is -0.352 e. The highest BCUT2D eigenvalue weighted by molar-refractivity contribution is 5.98. The van der Waals surface area contributed by atoms with Gasteiger partial charge in [0.1, 0.15) is 5.82 Å². The number of anilines is 2. The van der Waals surface area contributed by atoms with Gasteiger partial charge in [-0.3, -0.25) is 4.79 Å². The summed E-state index contributed by atoms with van der Waals surface area (Å²) in [6, 6.07) is 11.8. The number of alkyl halides is 3. The normalized spacial score (nSPS) is 13.5. The number of aromatic nitrogens is 4. The van der Waals surface area contributed by atoms with Crippen molar-refractivity contribution in [3.63, 3.8) is 0 Å². The maximum absolute atomic E-state index is 12.9. The first-order valence-corrected chi connectivity index (χ1v) is 9.80. The van der Waals surface area contributed by atoms with Crippen LogP contribution < -0.4 is 15.5 Å². The monoisotopic (exact) mass is 456 g/mol. The van der Waals surface area contributed by atoms with Crippen molar-refractivity contribution >= 4 is 34.7 Å². The number of nitrogens with one attached hydrogen (secondary N) is 3. The van der Waals surface area contributed by atoms with Gasteiger partial charge >= 0.3 is 12.1 Å². The highest BCUT2D eigenvalue weighted by Crippen LogP contribution is 2.30. The number of carbonyl (C=O) groups excluding carboxylic acids is 2. The molecule has 1 aliphatic heterocycles. The van der Waals surface area contributed by atoms with E-state index in [9.17, 15) is 22.8 Å². The minimum absolute atomic E-state index is 0.102. The van der Waals surface area contributed by atoms with Crippen LogP contribution in [0.25, 0.3) is 22.3 Å². The topological polar surface area (TPSA) is 114 Å². The maximum atomic E-state index is 12.9. The average molecular weight is 456 g/mol. The zero-order valence-corrected chi connectivity index (χ0v) is 16.7. The van der Waals surface area contributed by atoms with E-state index in [0.29, 0.717) is 17.3 Å². The molecule has 9 nitrogen and oxygen atoms in total. The first-order chi connectivity index (χ1) is 15.8. The Hall–Kier alpha value is -4.35. The van der Waals surface area contributed by atoms with Gasteiger partial charge in [0.2, 0.25) is 5.95 Å². The molecule has 0 saturated carbocycles. The van der Waals surface area contributed by atoms with Crippen LogP contribution in [0.2, 0.25) is 0 Å². The van der Waals surface area contributed by atoms with Gasteiger partial charge in [-0.1, -0.05) is 12.1 Å². The Morgan fingerprint density at radius 3 is 2.79 bits per heavy atom. The molecule has 12 heteroatoms. The number of aromatic amines is 1. The number of halogens is 3. The number of fused-ring (bicyclic) bond motifs is 2. The van der Waals surface area contributed by atoms with E-state index >= 15 is 0 Å². The average Bonchev–Trinajstić information content (AvgIpc) is 3.35. The summed E-state index contributed by atoms with van der Waals surface area (Å²) >= 11 is 0. The van der Waals surface area contributed by atoms with Crippen LogP contribution in [0.3, 0.4) is 0 Å². The van der Waals surface area contributed by atoms with Crippen molar-refractivity contribution in [3.05, 3.63) is 59.9 Å². The molecule has 3 N–H and O–H groups in total. The fourth-order valence-corrected chi connectivity index (χ4v) is 3.59. The van der Waals surface area contributed by atoms with Crippen molar-refractivity contribution in [1.29, 1.82) is 0 Å². The lowest BCUT2D eigenvalue weighted by molar-refractivity contribution is -0.199. The van der Waals surface area contributed by atoms with Gasteiger partial charge in [0.25, 0.3) is 5.91 Å². The molecule has 0 atom stereocenters. The van der Waals surface area contributed by atoms with Gasteiger partial charge in [-0.05, 0) is 30.3 Å². The zero-order chi connectivity index (χ0) is 23.2. The Labute approximate surface area is 183 Å². The second-order valence-electron chi connectivity index (χ2n) is 7.22. The molecule has 1 aromatic carbocycles. The Morgan fingerprint density at radius 2 is 2.00 bits per heavy atom. The molecule has 0 bridgehead atoms. The van der Waals surface area contributed by atoms with Crippen LogP contribution in [0, 0.1) is 0 Å². The Morgan fingerprint density at radius 1 is 1.18 bits per heavy atom. The van der Waals surface area contributed by atoms with Crippen molar-refractivity contribution in [2.24, 2.45) is 0 Å². The molecule has 3 aromatic heterocycles. The lowest BCUT2D eigenvalue weighted by Gasteiger charge is -2.17. The van der Waals surface area contributed by atoms with Crippen molar-refractivity contribution in [1.82, 2.24) is 25.0 Å². The lowest BCUT2D eigenvalue weighted by atomic mass is 10.1. The van der Waals surface area contributed by atoms with Crippen LogP contribution in [0.5, 0.6) is 0 Å². The summed E-state index contributed by atoms with van der Waals surface area (Å²) in [5.74, 6) is -2.10. The molecule has 0 fully saturated rings. The zero-order valence-electron chi connectivity index (χ0n) is 16.7. The van der Waals surface area contributed by atoms with Crippen molar-refractivity contribution in [2.75, 3.05) is 11.9 Å². The number of para-hydroxylation sites is 2. The number of pyridine rings is 1. The van der Waals surface area contributed by atoms with E-state index < -0.39 is 18.1 Å². The van der Waals surface area contributed by atoms with Gasteiger partial charge in [0.15, 0.2) is 0 Å². The van der Waals surface area contributed by atoms with Crippen molar-refractivity contribution < 1.29 is 27.6 Å². The largest absolute Gasteiger partial charge is 0.493 e. The summed E-state index contributed by atoms with van der Waals surface area (Å²) in [6.45, 7) is 0.202. The highest BCUT2D eigenvalue weighted by atomic mass is 19.4. The molecule has 0 spiro atoms. The van der Waals surface area contributed by atoms with Crippen molar-refractivity contribution in [3.8, 4) is 11.3 Å². The number of hydrogen-bond donors (Lipinski definition) is 3. The summed E-state index contributed by atoms with van der Waals surface area (Å²) < 4.78 is 39.4. The summed E-state index contributed by atoms with van der Waals surface area (Å²) in [5.41, 5.74) is 2.33. The first-order valence-electron chi connectivity index (χ1n) is 9.80. The van der Waals surface area contributed by atoms with E-state index in [1.807, 2.05) is 24.3 Å². The summed E-state index contributed by atoms with van der Waals surface area (Å²) in [5, 5.41) is 5.62. The molecule has 0 radical (unpaired) electrons. The molecule has 4 heterocycles. The third-order valence-electron chi connectivity index (χ3n) is 5.05. The summed E-state index contributed by atoms with van der Waals surface area (Å²) in [6.07, 6.45) is -3.57. The van der Waals surface area contributed by atoms with Crippen LogP contribution in [-0.4, -0.2) is 44.3 Å². The molecular formula is C21H15F3N6O3. The second-order valence-corrected chi connectivity index (χ2v) is 7.22. The number of amides is 1. The summed E-state index contributed by atoms with van der Waals surface area (Å²) in [4.78, 5) is 40.2. The number of rotatable bonds is 4. The quantitative estimate of drug-likeness (QED) is 0.435. The fourth-order valence-electron chi connectivity index (χ4n) is 3.59. The second kappa shape index (κ2) is 7.65. The van der Waals surface area contributed by atoms with E-state index in [2.05, 4.69) is 30.4 Å². The summed E-state index contributed by atoms with van der Waals surface area (Å²) in [7, 11) is 0. The molecule has 0 aliphatic carbocycles. The molecule has 4 aromatic rings. The van der Waals surface area contributed by atoms with E-state index in [4.69, 9.17) is 0 Å². The predicted octanol–water partition coefficient (Wildman–Crippen LogP) is 2.97. The molecule has 0 saturated heterocycles. The van der Waals surface area contributed by atoms with Gasteiger partial charge in [0.05, 0.1) is 28.0 Å². The van der Waals surface area contributed by atoms with Gasteiger partial charge in [-0.15, -0.1) is 0 Å².